The molecule has 1 fully saturated rings. The van der Waals surface area contributed by atoms with Crippen molar-refractivity contribution in [1.29, 1.82) is 0 Å². The number of rotatable bonds is 5. The normalized spacial score (nSPS) is 16.9. The average Bonchev–Trinajstić information content (AvgIpc) is 2.74. The van der Waals surface area contributed by atoms with Crippen molar-refractivity contribution in [2.45, 2.75) is 39.3 Å². The number of hydrogen-bond acceptors (Lipinski definition) is 3. The van der Waals surface area contributed by atoms with Crippen LogP contribution in [0.3, 0.4) is 0 Å². The van der Waals surface area contributed by atoms with E-state index in [1.54, 1.807) is 24.5 Å². The number of aryl methyl sites for hydroxylation is 2. The molecule has 2 aromatic carbocycles. The van der Waals surface area contributed by atoms with E-state index in [0.29, 0.717) is 5.56 Å². The number of aromatic nitrogens is 1. The van der Waals surface area contributed by atoms with Gasteiger partial charge in [-0.1, -0.05) is 53.6 Å². The fraction of sp³-hybridized carbons (Fsp3) is 0.308. The van der Waals surface area contributed by atoms with E-state index in [-0.39, 0.29) is 11.9 Å². The number of carbonyl (C=O) groups is 1. The van der Waals surface area contributed by atoms with E-state index in [9.17, 15) is 4.79 Å². The van der Waals surface area contributed by atoms with Crippen molar-refractivity contribution in [1.82, 2.24) is 15.2 Å². The van der Waals surface area contributed by atoms with Crippen LogP contribution in [0.15, 0.2) is 67.0 Å². The Hall–Kier alpha value is -2.98. The summed E-state index contributed by atoms with van der Waals surface area (Å²) in [5.74, 6) is -0.0345. The van der Waals surface area contributed by atoms with E-state index < -0.39 is 0 Å². The molecular formula is C26H29N3O. The molecule has 0 spiro atoms. The summed E-state index contributed by atoms with van der Waals surface area (Å²) in [5.41, 5.74) is 7.04. The smallest absolute Gasteiger partial charge is 0.253 e. The van der Waals surface area contributed by atoms with Gasteiger partial charge in [-0.05, 0) is 62.1 Å². The van der Waals surface area contributed by atoms with Crippen molar-refractivity contribution in [2.75, 3.05) is 13.1 Å². The van der Waals surface area contributed by atoms with Crippen molar-refractivity contribution in [2.24, 2.45) is 0 Å². The predicted molar refractivity (Wildman–Crippen MR) is 121 cm³/mol. The van der Waals surface area contributed by atoms with Gasteiger partial charge in [0.15, 0.2) is 0 Å². The number of likely N-dealkylation sites (tertiary alicyclic amines) is 1. The highest BCUT2D eigenvalue weighted by Crippen LogP contribution is 2.23. The molecule has 3 aromatic rings. The number of nitrogens with one attached hydrogen (secondary N) is 1. The van der Waals surface area contributed by atoms with Crippen LogP contribution in [0.5, 0.6) is 0 Å². The molecular weight excluding hydrogens is 370 g/mol. The predicted octanol–water partition coefficient (Wildman–Crippen LogP) is 4.76. The average molecular weight is 400 g/mol. The molecule has 4 rings (SSSR count). The van der Waals surface area contributed by atoms with Crippen LogP contribution < -0.4 is 5.32 Å². The van der Waals surface area contributed by atoms with Gasteiger partial charge >= 0.3 is 0 Å². The lowest BCUT2D eigenvalue weighted by Crippen LogP contribution is -2.47. The molecule has 0 radical (unpaired) electrons. The lowest BCUT2D eigenvalue weighted by molar-refractivity contribution is 0.0900. The van der Waals surface area contributed by atoms with Crippen LogP contribution in [0, 0.1) is 13.8 Å². The first kappa shape index (κ1) is 20.3. The first-order chi connectivity index (χ1) is 14.6. The quantitative estimate of drug-likeness (QED) is 0.673. The van der Waals surface area contributed by atoms with Gasteiger partial charge < -0.3 is 5.32 Å². The Kier molecular flexibility index (Phi) is 6.24. The highest BCUT2D eigenvalue weighted by Gasteiger charge is 2.22. The second kappa shape index (κ2) is 9.23. The number of benzene rings is 2. The van der Waals surface area contributed by atoms with E-state index >= 15 is 0 Å². The third kappa shape index (κ3) is 5.14. The lowest BCUT2D eigenvalue weighted by atomic mass is 9.99. The fourth-order valence-corrected chi connectivity index (χ4v) is 4.28. The Morgan fingerprint density at radius 3 is 2.53 bits per heavy atom. The van der Waals surface area contributed by atoms with Crippen LogP contribution in [-0.4, -0.2) is 34.9 Å². The molecule has 1 saturated heterocycles. The molecule has 154 valence electrons. The van der Waals surface area contributed by atoms with Crippen molar-refractivity contribution in [3.8, 4) is 11.1 Å². The molecule has 2 heterocycles. The zero-order valence-corrected chi connectivity index (χ0v) is 17.8. The Labute approximate surface area is 179 Å². The first-order valence-corrected chi connectivity index (χ1v) is 10.7. The van der Waals surface area contributed by atoms with E-state index in [1.165, 1.54) is 27.8 Å². The number of carbonyl (C=O) groups excluding carboxylic acids is 1. The minimum atomic E-state index is -0.0345. The number of nitrogens with zero attached hydrogens (tertiary/aromatic N) is 2. The van der Waals surface area contributed by atoms with Gasteiger partial charge in [-0.25, -0.2) is 0 Å². The zero-order valence-electron chi connectivity index (χ0n) is 17.8. The van der Waals surface area contributed by atoms with E-state index in [2.05, 4.69) is 71.5 Å². The molecule has 1 N–H and O–H groups in total. The third-order valence-corrected chi connectivity index (χ3v) is 5.68. The minimum Gasteiger partial charge on any atom is -0.348 e. The van der Waals surface area contributed by atoms with Crippen LogP contribution in [0.1, 0.15) is 39.9 Å². The maximum Gasteiger partial charge on any atom is 0.253 e. The van der Waals surface area contributed by atoms with Crippen LogP contribution in [0.25, 0.3) is 11.1 Å². The highest BCUT2D eigenvalue weighted by atomic mass is 16.1. The van der Waals surface area contributed by atoms with Crippen molar-refractivity contribution >= 4 is 5.91 Å². The maximum atomic E-state index is 12.4. The van der Waals surface area contributed by atoms with Crippen LogP contribution in [-0.2, 0) is 6.54 Å². The second-order valence-corrected chi connectivity index (χ2v) is 8.36. The molecule has 4 heteroatoms. The minimum absolute atomic E-state index is 0.0345. The molecule has 1 aromatic heterocycles. The van der Waals surface area contributed by atoms with E-state index in [0.717, 1.165) is 32.5 Å². The van der Waals surface area contributed by atoms with Crippen molar-refractivity contribution in [3.05, 3.63) is 89.2 Å². The number of pyridine rings is 1. The summed E-state index contributed by atoms with van der Waals surface area (Å²) >= 11 is 0. The van der Waals surface area contributed by atoms with E-state index in [1.807, 2.05) is 0 Å². The number of hydrogen-bond donors (Lipinski definition) is 1. The summed E-state index contributed by atoms with van der Waals surface area (Å²) < 4.78 is 0. The monoisotopic (exact) mass is 399 g/mol. The topological polar surface area (TPSA) is 45.2 Å². The zero-order chi connectivity index (χ0) is 20.9. The van der Waals surface area contributed by atoms with Crippen LogP contribution >= 0.6 is 0 Å². The standard InChI is InChI=1S/C26H29N3O/c1-19-13-20(2)15-24(14-19)22-9-7-21(8-10-22)17-29-12-4-6-25(18-29)28-26(30)23-5-3-11-27-16-23/h3,5,7-11,13-16,25H,4,6,12,17-18H2,1-2H3,(H,28,30). The van der Waals surface area contributed by atoms with Crippen molar-refractivity contribution in [3.63, 3.8) is 0 Å². The number of amides is 1. The summed E-state index contributed by atoms with van der Waals surface area (Å²) in [7, 11) is 0. The third-order valence-electron chi connectivity index (χ3n) is 5.68. The van der Waals surface area contributed by atoms with Crippen molar-refractivity contribution < 1.29 is 4.79 Å². The largest absolute Gasteiger partial charge is 0.348 e. The van der Waals surface area contributed by atoms with Gasteiger partial charge in [0.1, 0.15) is 0 Å². The summed E-state index contributed by atoms with van der Waals surface area (Å²) in [6.07, 6.45) is 5.42. The van der Waals surface area contributed by atoms with E-state index in [4.69, 9.17) is 0 Å². The first-order valence-electron chi connectivity index (χ1n) is 10.7. The molecule has 1 aliphatic rings. The molecule has 0 saturated carbocycles. The Bertz CT molecular complexity index is 978. The molecule has 1 atom stereocenters. The Balaban J connectivity index is 1.36. The van der Waals surface area contributed by atoms with Gasteiger partial charge in [-0.2, -0.15) is 0 Å². The summed E-state index contributed by atoms with van der Waals surface area (Å²) in [6.45, 7) is 7.14. The Morgan fingerprint density at radius 1 is 1.07 bits per heavy atom. The summed E-state index contributed by atoms with van der Waals surface area (Å²) in [5, 5.41) is 3.17. The summed E-state index contributed by atoms with van der Waals surface area (Å²) in [6, 6.07) is 19.4. The molecule has 1 unspecified atom stereocenters. The molecule has 1 aliphatic heterocycles. The molecule has 1 amide bonds. The molecule has 0 bridgehead atoms. The molecule has 4 nitrogen and oxygen atoms in total. The van der Waals surface area contributed by atoms with Gasteiger partial charge in [-0.3, -0.25) is 14.7 Å². The maximum absolute atomic E-state index is 12.4. The van der Waals surface area contributed by atoms with Gasteiger partial charge in [0.2, 0.25) is 0 Å². The van der Waals surface area contributed by atoms with Gasteiger partial charge in [0.25, 0.3) is 5.91 Å². The SMILES string of the molecule is Cc1cc(C)cc(-c2ccc(CN3CCCC(NC(=O)c4cccnc4)C3)cc2)c1. The molecule has 0 aliphatic carbocycles. The van der Waals surface area contributed by atoms with Gasteiger partial charge in [0, 0.05) is 31.5 Å². The van der Waals surface area contributed by atoms with Gasteiger partial charge in [-0.15, -0.1) is 0 Å². The van der Waals surface area contributed by atoms with Crippen LogP contribution in [0.2, 0.25) is 0 Å². The Morgan fingerprint density at radius 2 is 1.83 bits per heavy atom. The van der Waals surface area contributed by atoms with Gasteiger partial charge in [0.05, 0.1) is 5.56 Å². The number of piperidine rings is 1. The lowest BCUT2D eigenvalue weighted by Gasteiger charge is -2.33. The van der Waals surface area contributed by atoms with Crippen LogP contribution in [0.4, 0.5) is 0 Å². The second-order valence-electron chi connectivity index (χ2n) is 8.36. The summed E-state index contributed by atoms with van der Waals surface area (Å²) in [4.78, 5) is 18.9. The fourth-order valence-electron chi connectivity index (χ4n) is 4.28. The highest BCUT2D eigenvalue weighted by molar-refractivity contribution is 5.94. The molecule has 30 heavy (non-hydrogen) atoms.